The maximum atomic E-state index is 13.0. The molecular weight excluding hydrogens is 430 g/mol. The van der Waals surface area contributed by atoms with Crippen LogP contribution >= 0.6 is 0 Å². The van der Waals surface area contributed by atoms with Crippen LogP contribution < -0.4 is 0 Å². The van der Waals surface area contributed by atoms with E-state index in [9.17, 15) is 19.2 Å². The molecule has 0 unspecified atom stereocenters. The molecule has 2 amide bonds. The van der Waals surface area contributed by atoms with Gasteiger partial charge in [-0.1, -0.05) is 66.7 Å². The molecule has 0 spiro atoms. The van der Waals surface area contributed by atoms with Gasteiger partial charge in [0, 0.05) is 12.1 Å². The van der Waals surface area contributed by atoms with E-state index >= 15 is 0 Å². The molecule has 5 aliphatic rings. The van der Waals surface area contributed by atoms with E-state index in [1.807, 2.05) is 42.5 Å². The SMILES string of the molecule is O=C(CCN1C(=O)[C@@H]2[C@@H]3C=C[C@H]([C@@H]4C[C@H]34)[C@H]2C1=O)OCC(=O)c1ccc(-c2ccccc2)cc1. The first-order chi connectivity index (χ1) is 16.5. The van der Waals surface area contributed by atoms with Crippen molar-refractivity contribution in [3.63, 3.8) is 0 Å². The fourth-order valence-corrected chi connectivity index (χ4v) is 6.22. The number of carbonyl (C=O) groups is 4. The van der Waals surface area contributed by atoms with E-state index in [-0.39, 0.29) is 60.8 Å². The molecule has 4 aliphatic carbocycles. The van der Waals surface area contributed by atoms with Crippen molar-refractivity contribution in [3.8, 4) is 11.1 Å². The van der Waals surface area contributed by atoms with Gasteiger partial charge < -0.3 is 4.74 Å². The summed E-state index contributed by atoms with van der Waals surface area (Å²) < 4.78 is 5.15. The number of amides is 2. The molecule has 2 saturated carbocycles. The Morgan fingerprint density at radius 1 is 0.824 bits per heavy atom. The Bertz CT molecular complexity index is 1170. The van der Waals surface area contributed by atoms with Gasteiger partial charge in [0.05, 0.1) is 18.3 Å². The first-order valence-corrected chi connectivity index (χ1v) is 11.9. The number of allylic oxidation sites excluding steroid dienone is 2. The molecule has 2 aromatic rings. The van der Waals surface area contributed by atoms with Crippen LogP contribution in [0.5, 0.6) is 0 Å². The van der Waals surface area contributed by atoms with Gasteiger partial charge in [-0.05, 0) is 41.2 Å². The first kappa shape index (κ1) is 21.0. The van der Waals surface area contributed by atoms with E-state index in [0.29, 0.717) is 17.4 Å². The van der Waals surface area contributed by atoms with Crippen molar-refractivity contribution in [3.05, 3.63) is 72.3 Å². The molecular formula is C28H25NO5. The average Bonchev–Trinajstić information content (AvgIpc) is 3.66. The predicted molar refractivity (Wildman–Crippen MR) is 123 cm³/mol. The average molecular weight is 456 g/mol. The van der Waals surface area contributed by atoms with Crippen LogP contribution in [0.15, 0.2) is 66.7 Å². The summed E-state index contributed by atoms with van der Waals surface area (Å²) in [6.45, 7) is -0.355. The summed E-state index contributed by atoms with van der Waals surface area (Å²) in [5.41, 5.74) is 2.51. The summed E-state index contributed by atoms with van der Waals surface area (Å²) in [4.78, 5) is 51.9. The van der Waals surface area contributed by atoms with E-state index < -0.39 is 5.97 Å². The number of ketones is 1. The van der Waals surface area contributed by atoms with Crippen LogP contribution in [0, 0.1) is 35.5 Å². The summed E-state index contributed by atoms with van der Waals surface area (Å²) >= 11 is 0. The zero-order chi connectivity index (χ0) is 23.4. The summed E-state index contributed by atoms with van der Waals surface area (Å²) in [6, 6.07) is 17.0. The molecule has 2 bridgehead atoms. The normalized spacial score (nSPS) is 30.2. The maximum Gasteiger partial charge on any atom is 0.308 e. The molecule has 1 heterocycles. The highest BCUT2D eigenvalue weighted by Crippen LogP contribution is 2.65. The third kappa shape index (κ3) is 3.40. The van der Waals surface area contributed by atoms with Crippen molar-refractivity contribution in [1.29, 1.82) is 0 Å². The smallest absolute Gasteiger partial charge is 0.308 e. The number of nitrogens with zero attached hydrogens (tertiary/aromatic N) is 1. The molecule has 6 nitrogen and oxygen atoms in total. The molecule has 0 radical (unpaired) electrons. The highest BCUT2D eigenvalue weighted by Gasteiger charge is 2.66. The Kier molecular flexibility index (Phi) is 4.97. The highest BCUT2D eigenvalue weighted by atomic mass is 16.5. The van der Waals surface area contributed by atoms with Gasteiger partial charge in [-0.15, -0.1) is 0 Å². The van der Waals surface area contributed by atoms with E-state index in [1.54, 1.807) is 12.1 Å². The molecule has 6 atom stereocenters. The van der Waals surface area contributed by atoms with E-state index in [2.05, 4.69) is 12.2 Å². The number of hydrogen-bond acceptors (Lipinski definition) is 5. The third-order valence-corrected chi connectivity index (χ3v) is 7.97. The van der Waals surface area contributed by atoms with Gasteiger partial charge in [-0.2, -0.15) is 0 Å². The number of ether oxygens (including phenoxy) is 1. The lowest BCUT2D eigenvalue weighted by Crippen LogP contribution is -2.40. The van der Waals surface area contributed by atoms with Crippen LogP contribution in [0.2, 0.25) is 0 Å². The fraction of sp³-hybridized carbons (Fsp3) is 0.357. The second-order valence-electron chi connectivity index (χ2n) is 9.76. The Balaban J connectivity index is 1.01. The Morgan fingerprint density at radius 2 is 1.41 bits per heavy atom. The number of carbonyl (C=O) groups excluding carboxylic acids is 4. The highest BCUT2D eigenvalue weighted by molar-refractivity contribution is 6.06. The minimum atomic E-state index is -0.589. The van der Waals surface area contributed by atoms with Crippen LogP contribution in [0.25, 0.3) is 11.1 Å². The molecule has 0 aromatic heterocycles. The van der Waals surface area contributed by atoms with Gasteiger partial charge in [-0.25, -0.2) is 0 Å². The fourth-order valence-electron chi connectivity index (χ4n) is 6.22. The second-order valence-corrected chi connectivity index (χ2v) is 9.76. The Hall–Kier alpha value is -3.54. The quantitative estimate of drug-likeness (QED) is 0.276. The van der Waals surface area contributed by atoms with E-state index in [0.717, 1.165) is 17.5 Å². The van der Waals surface area contributed by atoms with Crippen LogP contribution in [0.1, 0.15) is 23.2 Å². The zero-order valence-electron chi connectivity index (χ0n) is 18.6. The van der Waals surface area contributed by atoms with Gasteiger partial charge in [0.1, 0.15) is 0 Å². The molecule has 6 heteroatoms. The number of esters is 1. The molecule has 0 N–H and O–H groups in total. The molecule has 3 fully saturated rings. The van der Waals surface area contributed by atoms with Crippen LogP contribution in [0.4, 0.5) is 0 Å². The van der Waals surface area contributed by atoms with Crippen molar-refractivity contribution in [2.24, 2.45) is 35.5 Å². The summed E-state index contributed by atoms with van der Waals surface area (Å²) in [5, 5.41) is 0. The number of rotatable bonds is 7. The van der Waals surface area contributed by atoms with Crippen molar-refractivity contribution in [2.45, 2.75) is 12.8 Å². The summed E-state index contributed by atoms with van der Waals surface area (Å²) in [6.07, 6.45) is 5.26. The van der Waals surface area contributed by atoms with Crippen LogP contribution in [-0.2, 0) is 19.1 Å². The Morgan fingerprint density at radius 3 is 2.03 bits per heavy atom. The molecule has 1 saturated heterocycles. The number of Topliss-reactive ketones (excluding diaryl/α,β-unsaturated/α-hetero) is 1. The number of imide groups is 1. The molecule has 34 heavy (non-hydrogen) atoms. The molecule has 1 aliphatic heterocycles. The number of benzene rings is 2. The number of hydrogen-bond donors (Lipinski definition) is 0. The van der Waals surface area contributed by atoms with Gasteiger partial charge in [0.25, 0.3) is 0 Å². The Labute approximate surface area is 197 Å². The molecule has 172 valence electrons. The lowest BCUT2D eigenvalue weighted by atomic mass is 9.63. The standard InChI is InChI=1S/C28H25NO5/c30-23(18-8-6-17(7-9-18)16-4-2-1-3-5-16)15-34-24(31)12-13-29-27(32)25-19-10-11-20(22-14-21(19)22)26(25)28(29)33/h1-11,19-22,25-26H,12-15H2/t19-,20-,21-,22+,25-,26-/m1/s1. The largest absolute Gasteiger partial charge is 0.457 e. The monoisotopic (exact) mass is 455 g/mol. The summed E-state index contributed by atoms with van der Waals surface area (Å²) in [7, 11) is 0. The van der Waals surface area contributed by atoms with Gasteiger partial charge >= 0.3 is 5.97 Å². The van der Waals surface area contributed by atoms with Crippen molar-refractivity contribution < 1.29 is 23.9 Å². The first-order valence-electron chi connectivity index (χ1n) is 11.9. The summed E-state index contributed by atoms with van der Waals surface area (Å²) in [5.74, 6) is -0.285. The van der Waals surface area contributed by atoms with Crippen molar-refractivity contribution >= 4 is 23.6 Å². The number of likely N-dealkylation sites (tertiary alicyclic amines) is 1. The van der Waals surface area contributed by atoms with Crippen LogP contribution in [-0.4, -0.2) is 41.6 Å². The van der Waals surface area contributed by atoms with Gasteiger partial charge in [0.15, 0.2) is 12.4 Å². The van der Waals surface area contributed by atoms with Crippen molar-refractivity contribution in [2.75, 3.05) is 13.2 Å². The van der Waals surface area contributed by atoms with E-state index in [1.165, 1.54) is 4.90 Å². The van der Waals surface area contributed by atoms with Crippen LogP contribution in [0.3, 0.4) is 0 Å². The van der Waals surface area contributed by atoms with Gasteiger partial charge in [-0.3, -0.25) is 24.1 Å². The topological polar surface area (TPSA) is 80.8 Å². The minimum absolute atomic E-state index is 0.0121. The molecule has 2 aromatic carbocycles. The van der Waals surface area contributed by atoms with Gasteiger partial charge in [0.2, 0.25) is 11.8 Å². The lowest BCUT2D eigenvalue weighted by Gasteiger charge is -2.37. The second kappa shape index (κ2) is 8.05. The molecule has 7 rings (SSSR count). The maximum absolute atomic E-state index is 13.0. The van der Waals surface area contributed by atoms with E-state index in [4.69, 9.17) is 4.74 Å². The zero-order valence-corrected chi connectivity index (χ0v) is 18.6. The third-order valence-electron chi connectivity index (χ3n) is 7.97. The van der Waals surface area contributed by atoms with Crippen molar-refractivity contribution in [1.82, 2.24) is 4.90 Å². The predicted octanol–water partition coefficient (Wildman–Crippen LogP) is 3.52. The minimum Gasteiger partial charge on any atom is -0.457 e. The lowest BCUT2D eigenvalue weighted by molar-refractivity contribution is -0.145.